The van der Waals surface area contributed by atoms with Gasteiger partial charge in [0, 0.05) is 31.7 Å². The lowest BCUT2D eigenvalue weighted by atomic mass is 10.2. The first kappa shape index (κ1) is 12.7. The number of hydrogen-bond acceptors (Lipinski definition) is 3. The first-order chi connectivity index (χ1) is 9.31. The SMILES string of the molecule is O=C1CCC(CNCc2ccn(C3CCCC3)n2)N1. The van der Waals surface area contributed by atoms with Crippen LogP contribution in [0.3, 0.4) is 0 Å². The van der Waals surface area contributed by atoms with Crippen molar-refractivity contribution in [2.24, 2.45) is 0 Å². The quantitative estimate of drug-likeness (QED) is 0.842. The predicted octanol–water partition coefficient (Wildman–Crippen LogP) is 1.37. The van der Waals surface area contributed by atoms with Gasteiger partial charge in [-0.3, -0.25) is 9.48 Å². The van der Waals surface area contributed by atoms with Crippen LogP contribution >= 0.6 is 0 Å². The first-order valence-electron chi connectivity index (χ1n) is 7.35. The maximum Gasteiger partial charge on any atom is 0.220 e. The van der Waals surface area contributed by atoms with Crippen LogP contribution in [0.15, 0.2) is 12.3 Å². The second-order valence-electron chi connectivity index (χ2n) is 5.66. The molecule has 0 radical (unpaired) electrons. The first-order valence-corrected chi connectivity index (χ1v) is 7.35. The summed E-state index contributed by atoms with van der Waals surface area (Å²) in [5.74, 6) is 0.178. The Morgan fingerprint density at radius 3 is 2.95 bits per heavy atom. The third-order valence-electron chi connectivity index (χ3n) is 4.14. The van der Waals surface area contributed by atoms with Crippen molar-refractivity contribution in [3.05, 3.63) is 18.0 Å². The van der Waals surface area contributed by atoms with E-state index in [9.17, 15) is 4.79 Å². The van der Waals surface area contributed by atoms with E-state index in [1.165, 1.54) is 25.7 Å². The van der Waals surface area contributed by atoms with E-state index in [2.05, 4.69) is 32.7 Å². The van der Waals surface area contributed by atoms with Crippen molar-refractivity contribution in [3.8, 4) is 0 Å². The maximum atomic E-state index is 11.1. The average Bonchev–Trinajstić information content (AvgIpc) is 3.09. The molecule has 104 valence electrons. The zero-order chi connectivity index (χ0) is 13.1. The third kappa shape index (κ3) is 3.15. The van der Waals surface area contributed by atoms with Crippen LogP contribution < -0.4 is 10.6 Å². The standard InChI is InChI=1S/C14H22N4O/c19-14-6-5-11(16-14)9-15-10-12-7-8-18(17-12)13-3-1-2-4-13/h7-8,11,13,15H,1-6,9-10H2,(H,16,19). The molecule has 19 heavy (non-hydrogen) atoms. The van der Waals surface area contributed by atoms with Gasteiger partial charge in [0.25, 0.3) is 0 Å². The van der Waals surface area contributed by atoms with E-state index in [1.54, 1.807) is 0 Å². The van der Waals surface area contributed by atoms with Gasteiger partial charge in [0.05, 0.1) is 11.7 Å². The molecule has 5 nitrogen and oxygen atoms in total. The second-order valence-corrected chi connectivity index (χ2v) is 5.66. The van der Waals surface area contributed by atoms with Gasteiger partial charge < -0.3 is 10.6 Å². The number of nitrogens with zero attached hydrogens (tertiary/aromatic N) is 2. The zero-order valence-electron chi connectivity index (χ0n) is 11.3. The van der Waals surface area contributed by atoms with Crippen molar-refractivity contribution in [2.75, 3.05) is 6.54 Å². The minimum absolute atomic E-state index is 0.178. The summed E-state index contributed by atoms with van der Waals surface area (Å²) in [5.41, 5.74) is 1.09. The molecule has 1 saturated carbocycles. The van der Waals surface area contributed by atoms with E-state index in [4.69, 9.17) is 0 Å². The van der Waals surface area contributed by atoms with Crippen LogP contribution in [0.1, 0.15) is 50.3 Å². The molecule has 5 heteroatoms. The number of carbonyl (C=O) groups is 1. The van der Waals surface area contributed by atoms with Crippen LogP contribution in [0, 0.1) is 0 Å². The molecule has 1 aliphatic carbocycles. The van der Waals surface area contributed by atoms with E-state index >= 15 is 0 Å². The number of nitrogens with one attached hydrogen (secondary N) is 2. The summed E-state index contributed by atoms with van der Waals surface area (Å²) in [6.07, 6.45) is 8.92. The van der Waals surface area contributed by atoms with Gasteiger partial charge in [0.15, 0.2) is 0 Å². The highest BCUT2D eigenvalue weighted by Crippen LogP contribution is 2.28. The Hall–Kier alpha value is -1.36. The smallest absolute Gasteiger partial charge is 0.220 e. The molecule has 2 N–H and O–H groups in total. The zero-order valence-corrected chi connectivity index (χ0v) is 11.3. The Morgan fingerprint density at radius 2 is 2.21 bits per heavy atom. The van der Waals surface area contributed by atoms with Gasteiger partial charge in [-0.1, -0.05) is 12.8 Å². The van der Waals surface area contributed by atoms with Gasteiger partial charge in [-0.2, -0.15) is 5.10 Å². The van der Waals surface area contributed by atoms with E-state index in [0.717, 1.165) is 25.2 Å². The molecule has 0 aromatic carbocycles. The second kappa shape index (κ2) is 5.74. The van der Waals surface area contributed by atoms with E-state index < -0.39 is 0 Å². The van der Waals surface area contributed by atoms with Gasteiger partial charge >= 0.3 is 0 Å². The van der Waals surface area contributed by atoms with Crippen molar-refractivity contribution in [2.45, 2.75) is 57.2 Å². The molecule has 0 bridgehead atoms. The van der Waals surface area contributed by atoms with E-state index in [0.29, 0.717) is 18.5 Å². The van der Waals surface area contributed by atoms with Crippen LogP contribution in [0.4, 0.5) is 0 Å². The fourth-order valence-electron chi connectivity index (χ4n) is 3.05. The van der Waals surface area contributed by atoms with Crippen molar-refractivity contribution in [1.29, 1.82) is 0 Å². The summed E-state index contributed by atoms with van der Waals surface area (Å²) in [6.45, 7) is 1.62. The molecular weight excluding hydrogens is 240 g/mol. The molecule has 1 aromatic rings. The summed E-state index contributed by atoms with van der Waals surface area (Å²) in [4.78, 5) is 11.1. The highest BCUT2D eigenvalue weighted by molar-refractivity contribution is 5.78. The van der Waals surface area contributed by atoms with Crippen LogP contribution in [-0.4, -0.2) is 28.3 Å². The van der Waals surface area contributed by atoms with Crippen molar-refractivity contribution in [1.82, 2.24) is 20.4 Å². The summed E-state index contributed by atoms with van der Waals surface area (Å²) < 4.78 is 2.13. The Labute approximate surface area is 113 Å². The highest BCUT2D eigenvalue weighted by Gasteiger charge is 2.20. The molecule has 3 rings (SSSR count). The molecule has 2 fully saturated rings. The fourth-order valence-corrected chi connectivity index (χ4v) is 3.05. The molecule has 1 saturated heterocycles. The number of rotatable bonds is 5. The molecule has 1 atom stereocenters. The topological polar surface area (TPSA) is 59.0 Å². The normalized spacial score (nSPS) is 24.0. The molecular formula is C14H22N4O. The molecule has 2 heterocycles. The van der Waals surface area contributed by atoms with E-state index in [1.807, 2.05) is 0 Å². The van der Waals surface area contributed by atoms with Gasteiger partial charge in [0.2, 0.25) is 5.91 Å². The number of amides is 1. The monoisotopic (exact) mass is 262 g/mol. The van der Waals surface area contributed by atoms with Gasteiger partial charge in [-0.15, -0.1) is 0 Å². The average molecular weight is 262 g/mol. The fraction of sp³-hybridized carbons (Fsp3) is 0.714. The molecule has 0 spiro atoms. The summed E-state index contributed by atoms with van der Waals surface area (Å²) in [6, 6.07) is 3.01. The van der Waals surface area contributed by atoms with E-state index in [-0.39, 0.29) is 5.91 Å². The predicted molar refractivity (Wildman–Crippen MR) is 72.6 cm³/mol. The summed E-state index contributed by atoms with van der Waals surface area (Å²) in [5, 5.41) is 11.0. The molecule has 1 aliphatic heterocycles. The van der Waals surface area contributed by atoms with Crippen molar-refractivity contribution >= 4 is 5.91 Å². The number of carbonyl (C=O) groups excluding carboxylic acids is 1. The highest BCUT2D eigenvalue weighted by atomic mass is 16.1. The van der Waals surface area contributed by atoms with Crippen LogP contribution in [0.25, 0.3) is 0 Å². The lowest BCUT2D eigenvalue weighted by Gasteiger charge is -2.11. The lowest BCUT2D eigenvalue weighted by molar-refractivity contribution is -0.119. The van der Waals surface area contributed by atoms with Crippen LogP contribution in [0.2, 0.25) is 0 Å². The summed E-state index contributed by atoms with van der Waals surface area (Å²) >= 11 is 0. The number of hydrogen-bond donors (Lipinski definition) is 2. The molecule has 1 aromatic heterocycles. The van der Waals surface area contributed by atoms with Gasteiger partial charge in [-0.05, 0) is 25.3 Å². The van der Waals surface area contributed by atoms with Gasteiger partial charge in [0.1, 0.15) is 0 Å². The Morgan fingerprint density at radius 1 is 1.37 bits per heavy atom. The Kier molecular flexibility index (Phi) is 3.82. The van der Waals surface area contributed by atoms with Crippen molar-refractivity contribution < 1.29 is 4.79 Å². The maximum absolute atomic E-state index is 11.1. The molecule has 2 aliphatic rings. The van der Waals surface area contributed by atoms with Gasteiger partial charge in [-0.25, -0.2) is 0 Å². The van der Waals surface area contributed by atoms with Crippen LogP contribution in [0.5, 0.6) is 0 Å². The Bertz CT molecular complexity index is 436. The summed E-state index contributed by atoms with van der Waals surface area (Å²) in [7, 11) is 0. The number of aromatic nitrogens is 2. The largest absolute Gasteiger partial charge is 0.352 e. The minimum atomic E-state index is 0.178. The minimum Gasteiger partial charge on any atom is -0.352 e. The molecule has 1 amide bonds. The lowest BCUT2D eigenvalue weighted by Crippen LogP contribution is -2.35. The van der Waals surface area contributed by atoms with Crippen molar-refractivity contribution in [3.63, 3.8) is 0 Å². The molecule has 1 unspecified atom stereocenters. The van der Waals surface area contributed by atoms with Crippen LogP contribution in [-0.2, 0) is 11.3 Å². The third-order valence-corrected chi connectivity index (χ3v) is 4.14. The Balaban J connectivity index is 1.44.